The SMILES string of the molecule is CCCC(N1C=CN(C)C1)S(=O)(=O)OS(=O)(=O)c1ccc(C)cc1. The molecule has 1 unspecified atom stereocenters. The molecule has 0 saturated carbocycles. The Kier molecular flexibility index (Phi) is 5.56. The Morgan fingerprint density at radius 2 is 1.75 bits per heavy atom. The molecule has 1 aliphatic heterocycles. The van der Waals surface area contributed by atoms with Crippen molar-refractivity contribution in [2.45, 2.75) is 37.0 Å². The van der Waals surface area contributed by atoms with Gasteiger partial charge in [-0.3, -0.25) is 0 Å². The van der Waals surface area contributed by atoms with E-state index in [1.165, 1.54) is 12.1 Å². The maximum Gasteiger partial charge on any atom is 0.311 e. The number of rotatable bonds is 7. The van der Waals surface area contributed by atoms with Gasteiger partial charge in [0.2, 0.25) is 0 Å². The van der Waals surface area contributed by atoms with Crippen molar-refractivity contribution in [3.8, 4) is 0 Å². The highest BCUT2D eigenvalue weighted by Crippen LogP contribution is 2.24. The fourth-order valence-corrected chi connectivity index (χ4v) is 5.51. The van der Waals surface area contributed by atoms with Crippen molar-refractivity contribution in [3.63, 3.8) is 0 Å². The Bertz CT molecular complexity index is 801. The Morgan fingerprint density at radius 3 is 2.25 bits per heavy atom. The maximum absolute atomic E-state index is 12.6. The predicted octanol–water partition coefficient (Wildman–Crippen LogP) is 1.83. The molecule has 134 valence electrons. The summed E-state index contributed by atoms with van der Waals surface area (Å²) < 4.78 is 54.4. The van der Waals surface area contributed by atoms with Crippen LogP contribution in [-0.2, 0) is 23.9 Å². The molecule has 1 heterocycles. The summed E-state index contributed by atoms with van der Waals surface area (Å²) in [7, 11) is -6.94. The van der Waals surface area contributed by atoms with Crippen LogP contribution in [0, 0.1) is 6.92 Å². The van der Waals surface area contributed by atoms with Crippen LogP contribution >= 0.6 is 0 Å². The lowest BCUT2D eigenvalue weighted by molar-refractivity contribution is 0.257. The lowest BCUT2D eigenvalue weighted by Crippen LogP contribution is -2.40. The summed E-state index contributed by atoms with van der Waals surface area (Å²) in [5.74, 6) is 0. The third kappa shape index (κ3) is 4.28. The monoisotopic (exact) mass is 374 g/mol. The number of hydrogen-bond donors (Lipinski definition) is 0. The summed E-state index contributed by atoms with van der Waals surface area (Å²) in [6.07, 6.45) is 4.20. The number of nitrogens with zero attached hydrogens (tertiary/aromatic N) is 2. The van der Waals surface area contributed by atoms with E-state index < -0.39 is 25.6 Å². The van der Waals surface area contributed by atoms with Gasteiger partial charge in [-0.1, -0.05) is 31.0 Å². The highest BCUT2D eigenvalue weighted by molar-refractivity contribution is 8.00. The lowest BCUT2D eigenvalue weighted by Gasteiger charge is -2.27. The van der Waals surface area contributed by atoms with Crippen LogP contribution in [0.1, 0.15) is 25.3 Å². The van der Waals surface area contributed by atoms with E-state index in [1.54, 1.807) is 41.4 Å². The van der Waals surface area contributed by atoms with Gasteiger partial charge in [0, 0.05) is 19.4 Å². The second kappa shape index (κ2) is 7.12. The van der Waals surface area contributed by atoms with E-state index in [0.29, 0.717) is 13.1 Å². The van der Waals surface area contributed by atoms with Crippen molar-refractivity contribution in [2.24, 2.45) is 0 Å². The molecule has 24 heavy (non-hydrogen) atoms. The number of aryl methyl sites for hydroxylation is 1. The normalized spacial score (nSPS) is 16.6. The van der Waals surface area contributed by atoms with Gasteiger partial charge in [-0.25, -0.2) is 0 Å². The second-order valence-corrected chi connectivity index (χ2v) is 9.24. The maximum atomic E-state index is 12.6. The zero-order valence-electron chi connectivity index (χ0n) is 13.9. The molecule has 1 aliphatic rings. The third-order valence-corrected chi connectivity index (χ3v) is 7.13. The topological polar surface area (TPSA) is 84.0 Å². The van der Waals surface area contributed by atoms with Gasteiger partial charge in [-0.05, 0) is 25.5 Å². The van der Waals surface area contributed by atoms with Crippen LogP contribution in [-0.4, -0.2) is 45.7 Å². The molecular formula is C15H22N2O5S2. The van der Waals surface area contributed by atoms with E-state index in [9.17, 15) is 16.8 Å². The minimum absolute atomic E-state index is 0.180. The summed E-state index contributed by atoms with van der Waals surface area (Å²) in [6.45, 7) is 4.00. The molecule has 0 spiro atoms. The predicted molar refractivity (Wildman–Crippen MR) is 90.7 cm³/mol. The molecule has 0 fully saturated rings. The van der Waals surface area contributed by atoms with Gasteiger partial charge in [0.25, 0.3) is 0 Å². The fourth-order valence-electron chi connectivity index (χ4n) is 2.38. The lowest BCUT2D eigenvalue weighted by atomic mass is 10.2. The van der Waals surface area contributed by atoms with Gasteiger partial charge in [-0.2, -0.15) is 16.8 Å². The molecule has 1 aromatic rings. The van der Waals surface area contributed by atoms with E-state index in [-0.39, 0.29) is 11.3 Å². The molecule has 0 radical (unpaired) electrons. The summed E-state index contributed by atoms with van der Waals surface area (Å²) in [6, 6.07) is 5.84. The zero-order valence-corrected chi connectivity index (χ0v) is 15.5. The van der Waals surface area contributed by atoms with E-state index in [4.69, 9.17) is 0 Å². The minimum Gasteiger partial charge on any atom is -0.362 e. The van der Waals surface area contributed by atoms with Gasteiger partial charge in [0.1, 0.15) is 0 Å². The van der Waals surface area contributed by atoms with Crippen LogP contribution in [0.25, 0.3) is 0 Å². The Hall–Kier alpha value is -1.58. The second-order valence-electron chi connectivity index (χ2n) is 5.78. The van der Waals surface area contributed by atoms with Gasteiger partial charge < -0.3 is 9.80 Å². The van der Waals surface area contributed by atoms with Crippen LogP contribution < -0.4 is 0 Å². The molecule has 0 saturated heterocycles. The van der Waals surface area contributed by atoms with Crippen molar-refractivity contribution >= 4 is 20.2 Å². The van der Waals surface area contributed by atoms with Crippen molar-refractivity contribution in [2.75, 3.05) is 13.7 Å². The average molecular weight is 374 g/mol. The standard InChI is InChI=1S/C15H22N2O5S2/c1-4-5-15(17-11-10-16(3)12-17)24(20,21)22-23(18,19)14-8-6-13(2)7-9-14/h6-11,15H,4-5,12H2,1-3H3. The van der Waals surface area contributed by atoms with Gasteiger partial charge in [-0.15, -0.1) is 3.63 Å². The number of hydrogen-bond acceptors (Lipinski definition) is 7. The first-order valence-electron chi connectivity index (χ1n) is 7.56. The van der Waals surface area contributed by atoms with Gasteiger partial charge >= 0.3 is 20.2 Å². The molecule has 1 atom stereocenters. The molecule has 0 aliphatic carbocycles. The summed E-state index contributed by atoms with van der Waals surface area (Å²) in [5, 5.41) is -1.05. The molecule has 2 rings (SSSR count). The molecule has 0 amide bonds. The third-order valence-electron chi connectivity index (χ3n) is 3.63. The summed E-state index contributed by atoms with van der Waals surface area (Å²) >= 11 is 0. The van der Waals surface area contributed by atoms with Crippen LogP contribution in [0.3, 0.4) is 0 Å². The van der Waals surface area contributed by atoms with E-state index in [0.717, 1.165) is 5.56 Å². The first kappa shape index (κ1) is 18.8. The molecule has 0 N–H and O–H groups in total. The average Bonchev–Trinajstić information content (AvgIpc) is 2.90. The van der Waals surface area contributed by atoms with Crippen molar-refractivity contribution < 1.29 is 20.5 Å². The molecule has 0 aromatic heterocycles. The first-order chi connectivity index (χ1) is 11.2. The Balaban J connectivity index is 2.27. The van der Waals surface area contributed by atoms with Crippen molar-refractivity contribution in [1.29, 1.82) is 0 Å². The van der Waals surface area contributed by atoms with Gasteiger partial charge in [0.15, 0.2) is 5.37 Å². The smallest absolute Gasteiger partial charge is 0.311 e. The minimum atomic E-state index is -4.39. The molecule has 0 bridgehead atoms. The zero-order chi connectivity index (χ0) is 18.0. The van der Waals surface area contributed by atoms with E-state index in [1.807, 2.05) is 13.8 Å². The Labute approximate surface area is 143 Å². The molecule has 9 heteroatoms. The van der Waals surface area contributed by atoms with E-state index in [2.05, 4.69) is 3.63 Å². The summed E-state index contributed by atoms with van der Waals surface area (Å²) in [5.41, 5.74) is 0.867. The van der Waals surface area contributed by atoms with Crippen LogP contribution in [0.5, 0.6) is 0 Å². The summed E-state index contributed by atoms with van der Waals surface area (Å²) in [4.78, 5) is 3.18. The first-order valence-corrected chi connectivity index (χ1v) is 10.4. The van der Waals surface area contributed by atoms with Crippen LogP contribution in [0.4, 0.5) is 0 Å². The molecule has 7 nitrogen and oxygen atoms in total. The highest BCUT2D eigenvalue weighted by Gasteiger charge is 2.36. The molecule has 1 aromatic carbocycles. The Morgan fingerprint density at radius 1 is 1.12 bits per heavy atom. The highest BCUT2D eigenvalue weighted by atomic mass is 32.3. The quantitative estimate of drug-likeness (QED) is 0.720. The van der Waals surface area contributed by atoms with E-state index >= 15 is 0 Å². The number of benzene rings is 1. The van der Waals surface area contributed by atoms with Gasteiger partial charge in [0.05, 0.1) is 11.6 Å². The van der Waals surface area contributed by atoms with Crippen molar-refractivity contribution in [1.82, 2.24) is 9.80 Å². The van der Waals surface area contributed by atoms with Crippen LogP contribution in [0.15, 0.2) is 41.6 Å². The van der Waals surface area contributed by atoms with Crippen molar-refractivity contribution in [3.05, 3.63) is 42.2 Å². The fraction of sp³-hybridized carbons (Fsp3) is 0.467. The van der Waals surface area contributed by atoms with Crippen LogP contribution in [0.2, 0.25) is 0 Å². The largest absolute Gasteiger partial charge is 0.362 e. The molecular weight excluding hydrogens is 352 g/mol.